The second kappa shape index (κ2) is 7.11. The van der Waals surface area contributed by atoms with Crippen LogP contribution >= 0.6 is 0 Å². The molecule has 2 saturated heterocycles. The maximum Gasteiger partial charge on any atom is 0.266 e. The van der Waals surface area contributed by atoms with Crippen LogP contribution in [0.5, 0.6) is 0 Å². The first-order valence-corrected chi connectivity index (χ1v) is 10.1. The molecule has 5 nitrogen and oxygen atoms in total. The summed E-state index contributed by atoms with van der Waals surface area (Å²) in [5.74, 6) is -1.15. The van der Waals surface area contributed by atoms with Crippen LogP contribution in [0.15, 0.2) is 78.9 Å². The molecule has 5 rings (SSSR count). The van der Waals surface area contributed by atoms with E-state index in [-0.39, 0.29) is 17.9 Å². The van der Waals surface area contributed by atoms with E-state index in [4.69, 9.17) is 4.84 Å². The number of rotatable bonds is 3. The molecular formula is C25H22N2O3. The molecule has 0 unspecified atom stereocenters. The van der Waals surface area contributed by atoms with E-state index in [2.05, 4.69) is 0 Å². The zero-order valence-electron chi connectivity index (χ0n) is 16.9. The van der Waals surface area contributed by atoms with Gasteiger partial charge < -0.3 is 0 Å². The molecule has 3 atom stereocenters. The summed E-state index contributed by atoms with van der Waals surface area (Å²) in [4.78, 5) is 34.3. The van der Waals surface area contributed by atoms with Gasteiger partial charge in [0, 0.05) is 0 Å². The molecule has 0 radical (unpaired) electrons. The van der Waals surface area contributed by atoms with Gasteiger partial charge in [-0.3, -0.25) is 14.4 Å². The molecular weight excluding hydrogens is 376 g/mol. The summed E-state index contributed by atoms with van der Waals surface area (Å²) in [6, 6.07) is 24.6. The van der Waals surface area contributed by atoms with E-state index in [0.29, 0.717) is 5.69 Å². The topological polar surface area (TPSA) is 49.9 Å². The lowest BCUT2D eigenvalue weighted by molar-refractivity contribution is -0.126. The lowest BCUT2D eigenvalue weighted by Gasteiger charge is -2.29. The van der Waals surface area contributed by atoms with Crippen molar-refractivity contribution in [3.8, 4) is 0 Å². The van der Waals surface area contributed by atoms with Crippen molar-refractivity contribution >= 4 is 23.2 Å². The van der Waals surface area contributed by atoms with Crippen LogP contribution < -0.4 is 9.96 Å². The normalized spacial score (nSPS) is 23.2. The third-order valence-electron chi connectivity index (χ3n) is 5.93. The highest BCUT2D eigenvalue weighted by atomic mass is 16.7. The van der Waals surface area contributed by atoms with Gasteiger partial charge in [0.05, 0.1) is 17.4 Å². The number of fused-ring (bicyclic) bond motifs is 1. The van der Waals surface area contributed by atoms with Crippen LogP contribution in [0.1, 0.15) is 22.7 Å². The molecule has 2 aliphatic heterocycles. The van der Waals surface area contributed by atoms with Crippen LogP contribution in [-0.4, -0.2) is 17.9 Å². The second-order valence-electron chi connectivity index (χ2n) is 7.86. The number of carbonyl (C=O) groups is 2. The van der Waals surface area contributed by atoms with Crippen LogP contribution in [0.25, 0.3) is 0 Å². The van der Waals surface area contributed by atoms with Gasteiger partial charge in [-0.25, -0.2) is 9.96 Å². The molecule has 30 heavy (non-hydrogen) atoms. The fraction of sp³-hybridized carbons (Fsp3) is 0.200. The van der Waals surface area contributed by atoms with Crippen molar-refractivity contribution < 1.29 is 14.4 Å². The Morgan fingerprint density at radius 1 is 0.733 bits per heavy atom. The minimum Gasteiger partial charge on any atom is -0.273 e. The Bertz CT molecular complexity index is 1110. The van der Waals surface area contributed by atoms with Crippen molar-refractivity contribution in [2.24, 2.45) is 5.92 Å². The van der Waals surface area contributed by atoms with Crippen molar-refractivity contribution in [1.29, 1.82) is 0 Å². The van der Waals surface area contributed by atoms with Gasteiger partial charge >= 0.3 is 0 Å². The Balaban J connectivity index is 1.60. The molecule has 0 aromatic heterocycles. The van der Waals surface area contributed by atoms with E-state index in [1.54, 1.807) is 5.06 Å². The highest BCUT2D eigenvalue weighted by Gasteiger charge is 2.60. The standard InChI is InChI=1S/C25H22N2O3/c1-16-12-14-18(15-13-16)26-24(28)21-22(20-11-7-6-8-17(20)2)27(30-23(21)25(26)29)19-9-4-3-5-10-19/h3-15,21-23H,1-2H3/t21-,22+,23-/m1/s1. The van der Waals surface area contributed by atoms with Crippen LogP contribution in [0.4, 0.5) is 11.4 Å². The quantitative estimate of drug-likeness (QED) is 0.616. The number of amides is 2. The molecule has 5 heteroatoms. The predicted molar refractivity (Wildman–Crippen MR) is 115 cm³/mol. The summed E-state index contributed by atoms with van der Waals surface area (Å²) in [7, 11) is 0. The minimum absolute atomic E-state index is 0.222. The van der Waals surface area contributed by atoms with Crippen molar-refractivity contribution in [1.82, 2.24) is 0 Å². The smallest absolute Gasteiger partial charge is 0.266 e. The molecule has 3 aromatic carbocycles. The molecule has 0 N–H and O–H groups in total. The lowest BCUT2D eigenvalue weighted by Crippen LogP contribution is -2.37. The number of para-hydroxylation sites is 1. The van der Waals surface area contributed by atoms with Gasteiger partial charge in [0.25, 0.3) is 5.91 Å². The van der Waals surface area contributed by atoms with Gasteiger partial charge in [-0.15, -0.1) is 0 Å². The number of imide groups is 1. The molecule has 0 aliphatic carbocycles. The van der Waals surface area contributed by atoms with E-state index < -0.39 is 12.0 Å². The van der Waals surface area contributed by atoms with E-state index >= 15 is 0 Å². The van der Waals surface area contributed by atoms with Gasteiger partial charge in [0.2, 0.25) is 5.91 Å². The molecule has 150 valence electrons. The Morgan fingerprint density at radius 2 is 1.40 bits per heavy atom. The Labute approximate surface area is 175 Å². The molecule has 2 amide bonds. The largest absolute Gasteiger partial charge is 0.273 e. The number of hydrogen-bond donors (Lipinski definition) is 0. The SMILES string of the molecule is Cc1ccc(N2C(=O)[C@H]3[C@@H](ON(c4ccccc4)[C@H]3c3ccccc3C)C2=O)cc1. The third-order valence-corrected chi connectivity index (χ3v) is 5.93. The van der Waals surface area contributed by atoms with Gasteiger partial charge in [0.15, 0.2) is 6.10 Å². The Hall–Kier alpha value is -3.44. The molecule has 0 saturated carbocycles. The van der Waals surface area contributed by atoms with Crippen LogP contribution in [0, 0.1) is 19.8 Å². The fourth-order valence-corrected chi connectivity index (χ4v) is 4.40. The molecule has 3 aromatic rings. The summed E-state index contributed by atoms with van der Waals surface area (Å²) >= 11 is 0. The molecule has 0 spiro atoms. The lowest BCUT2D eigenvalue weighted by atomic mass is 9.88. The number of anilines is 2. The van der Waals surface area contributed by atoms with Crippen molar-refractivity contribution in [3.05, 3.63) is 95.6 Å². The average Bonchev–Trinajstić information content (AvgIpc) is 3.26. The van der Waals surface area contributed by atoms with E-state index in [9.17, 15) is 9.59 Å². The summed E-state index contributed by atoms with van der Waals surface area (Å²) < 4.78 is 0. The highest BCUT2D eigenvalue weighted by Crippen LogP contribution is 2.48. The maximum absolute atomic E-state index is 13.6. The molecule has 2 heterocycles. The molecule has 2 fully saturated rings. The van der Waals surface area contributed by atoms with Crippen LogP contribution in [0.3, 0.4) is 0 Å². The maximum atomic E-state index is 13.6. The molecule has 2 aliphatic rings. The van der Waals surface area contributed by atoms with Crippen LogP contribution in [0.2, 0.25) is 0 Å². The summed E-state index contributed by atoms with van der Waals surface area (Å²) in [6.07, 6.45) is -0.844. The summed E-state index contributed by atoms with van der Waals surface area (Å²) in [5, 5.41) is 1.74. The first kappa shape index (κ1) is 18.6. The third kappa shape index (κ3) is 2.82. The number of aryl methyl sites for hydroxylation is 2. The summed E-state index contributed by atoms with van der Waals surface area (Å²) in [5.41, 5.74) is 4.52. The summed E-state index contributed by atoms with van der Waals surface area (Å²) in [6.45, 7) is 3.99. The van der Waals surface area contributed by atoms with Crippen molar-refractivity contribution in [2.45, 2.75) is 26.0 Å². The van der Waals surface area contributed by atoms with E-state index in [0.717, 1.165) is 22.4 Å². The number of hydroxylamine groups is 1. The van der Waals surface area contributed by atoms with Gasteiger partial charge in [-0.1, -0.05) is 60.2 Å². The first-order valence-electron chi connectivity index (χ1n) is 10.1. The number of benzene rings is 3. The number of hydrogen-bond acceptors (Lipinski definition) is 4. The van der Waals surface area contributed by atoms with Gasteiger partial charge in [-0.05, 0) is 49.2 Å². The molecule has 0 bridgehead atoms. The van der Waals surface area contributed by atoms with E-state index in [1.807, 2.05) is 92.7 Å². The highest BCUT2D eigenvalue weighted by molar-refractivity contribution is 6.23. The van der Waals surface area contributed by atoms with Gasteiger partial charge in [0.1, 0.15) is 5.92 Å². The Morgan fingerprint density at radius 3 is 2.10 bits per heavy atom. The number of carbonyl (C=O) groups excluding carboxylic acids is 2. The average molecular weight is 398 g/mol. The zero-order valence-corrected chi connectivity index (χ0v) is 16.9. The van der Waals surface area contributed by atoms with Crippen molar-refractivity contribution in [2.75, 3.05) is 9.96 Å². The van der Waals surface area contributed by atoms with Crippen LogP contribution in [-0.2, 0) is 14.4 Å². The van der Waals surface area contributed by atoms with Gasteiger partial charge in [-0.2, -0.15) is 0 Å². The zero-order chi connectivity index (χ0) is 20.8. The Kier molecular flexibility index (Phi) is 4.40. The van der Waals surface area contributed by atoms with E-state index in [1.165, 1.54) is 4.90 Å². The fourth-order valence-electron chi connectivity index (χ4n) is 4.40. The monoisotopic (exact) mass is 398 g/mol. The second-order valence-corrected chi connectivity index (χ2v) is 7.86. The predicted octanol–water partition coefficient (Wildman–Crippen LogP) is 4.35. The van der Waals surface area contributed by atoms with Crippen molar-refractivity contribution in [3.63, 3.8) is 0 Å². The number of nitrogens with zero attached hydrogens (tertiary/aromatic N) is 2. The first-order chi connectivity index (χ1) is 14.6. The minimum atomic E-state index is -0.844.